The molecule has 0 aromatic heterocycles. The van der Waals surface area contributed by atoms with E-state index >= 15 is 0 Å². The number of aliphatic hydroxyl groups excluding tert-OH is 1. The first-order chi connectivity index (χ1) is 3.84. The summed E-state index contributed by atoms with van der Waals surface area (Å²) in [7, 11) is 0. The minimum Gasteiger partial charge on any atom is -0.392 e. The molecule has 1 aliphatic heterocycles. The minimum atomic E-state index is -0.0336. The Morgan fingerprint density at radius 3 is 2.62 bits per heavy atom. The van der Waals surface area contributed by atoms with Crippen LogP contribution in [0.3, 0.4) is 0 Å². The maximum atomic E-state index is 9.16. The van der Waals surface area contributed by atoms with Crippen LogP contribution in [0, 0.1) is 0 Å². The molecule has 0 aliphatic carbocycles. The molecule has 0 amide bonds. The van der Waals surface area contributed by atoms with Gasteiger partial charge in [0.1, 0.15) is 0 Å². The first-order valence-corrected chi connectivity index (χ1v) is 4.19. The number of thioether (sulfide) groups is 1. The summed E-state index contributed by atoms with van der Waals surface area (Å²) in [6.45, 7) is 2.03. The maximum Gasteiger partial charge on any atom is 0.0656 e. The Morgan fingerprint density at radius 2 is 2.50 bits per heavy atom. The average Bonchev–Trinajstić information content (AvgIpc) is 1.62. The SMILES string of the molecule is CCC(O)C1CCS1. The highest BCUT2D eigenvalue weighted by atomic mass is 32.2. The van der Waals surface area contributed by atoms with Crippen LogP contribution in [0.5, 0.6) is 0 Å². The van der Waals surface area contributed by atoms with Gasteiger partial charge in [0.2, 0.25) is 0 Å². The number of rotatable bonds is 2. The fourth-order valence-electron chi connectivity index (χ4n) is 0.820. The Balaban J connectivity index is 2.13. The molecule has 1 fully saturated rings. The third-order valence-corrected chi connectivity index (χ3v) is 3.03. The molecule has 0 bridgehead atoms. The largest absolute Gasteiger partial charge is 0.392 e. The standard InChI is InChI=1S/C6H12OS/c1-2-5(7)6-3-4-8-6/h5-7H,2-4H2,1H3. The molecule has 1 rings (SSSR count). The molecule has 2 heteroatoms. The highest BCUT2D eigenvalue weighted by Gasteiger charge is 2.24. The zero-order valence-electron chi connectivity index (χ0n) is 5.13. The molecule has 0 radical (unpaired) electrons. The second kappa shape index (κ2) is 2.74. The van der Waals surface area contributed by atoms with Crippen LogP contribution in [0.1, 0.15) is 19.8 Å². The first kappa shape index (κ1) is 6.43. The quantitative estimate of drug-likeness (QED) is 0.610. The fourth-order valence-corrected chi connectivity index (χ4v) is 1.74. The fraction of sp³-hybridized carbons (Fsp3) is 1.00. The van der Waals surface area contributed by atoms with Crippen molar-refractivity contribution in [1.29, 1.82) is 0 Å². The highest BCUT2D eigenvalue weighted by molar-refractivity contribution is 8.01. The molecule has 2 atom stereocenters. The molecule has 1 N–H and O–H groups in total. The van der Waals surface area contributed by atoms with Gasteiger partial charge in [0.25, 0.3) is 0 Å². The third-order valence-electron chi connectivity index (χ3n) is 1.58. The summed E-state index contributed by atoms with van der Waals surface area (Å²) in [5.74, 6) is 1.25. The summed E-state index contributed by atoms with van der Waals surface area (Å²) in [4.78, 5) is 0. The highest BCUT2D eigenvalue weighted by Crippen LogP contribution is 2.31. The molecule has 0 aromatic rings. The van der Waals surface area contributed by atoms with Crippen LogP contribution < -0.4 is 0 Å². The van der Waals surface area contributed by atoms with Crippen molar-refractivity contribution in [2.75, 3.05) is 5.75 Å². The molecule has 8 heavy (non-hydrogen) atoms. The molecular weight excluding hydrogens is 120 g/mol. The van der Waals surface area contributed by atoms with Crippen LogP contribution in [-0.4, -0.2) is 22.2 Å². The van der Waals surface area contributed by atoms with E-state index in [4.69, 9.17) is 5.11 Å². The predicted molar refractivity (Wildman–Crippen MR) is 37.2 cm³/mol. The molecular formula is C6H12OS. The van der Waals surface area contributed by atoms with E-state index in [0.29, 0.717) is 5.25 Å². The zero-order valence-corrected chi connectivity index (χ0v) is 5.95. The Morgan fingerprint density at radius 1 is 1.88 bits per heavy atom. The Kier molecular flexibility index (Phi) is 2.20. The van der Waals surface area contributed by atoms with Crippen LogP contribution in [0.15, 0.2) is 0 Å². The van der Waals surface area contributed by atoms with Gasteiger partial charge in [-0.2, -0.15) is 11.8 Å². The number of hydrogen-bond acceptors (Lipinski definition) is 2. The second-order valence-corrected chi connectivity index (χ2v) is 3.52. The van der Waals surface area contributed by atoms with Crippen LogP contribution >= 0.6 is 11.8 Å². The third kappa shape index (κ3) is 1.17. The lowest BCUT2D eigenvalue weighted by molar-refractivity contribution is 0.162. The van der Waals surface area contributed by atoms with Crippen molar-refractivity contribution < 1.29 is 5.11 Å². The molecule has 0 saturated carbocycles. The summed E-state index contributed by atoms with van der Waals surface area (Å²) < 4.78 is 0. The molecule has 1 heterocycles. The Bertz CT molecular complexity index is 68.2. The first-order valence-electron chi connectivity index (χ1n) is 3.14. The Labute approximate surface area is 54.5 Å². The lowest BCUT2D eigenvalue weighted by Gasteiger charge is -2.28. The molecule has 0 spiro atoms. The van der Waals surface area contributed by atoms with Gasteiger partial charge >= 0.3 is 0 Å². The van der Waals surface area contributed by atoms with E-state index in [-0.39, 0.29) is 6.10 Å². The van der Waals surface area contributed by atoms with E-state index in [1.807, 2.05) is 18.7 Å². The zero-order chi connectivity index (χ0) is 5.98. The number of hydrogen-bond donors (Lipinski definition) is 1. The van der Waals surface area contributed by atoms with Crippen molar-refractivity contribution in [1.82, 2.24) is 0 Å². The predicted octanol–water partition coefficient (Wildman–Crippen LogP) is 1.26. The van der Waals surface area contributed by atoms with Gasteiger partial charge < -0.3 is 5.11 Å². The second-order valence-electron chi connectivity index (χ2n) is 2.17. The van der Waals surface area contributed by atoms with Crippen molar-refractivity contribution in [2.45, 2.75) is 31.1 Å². The number of aliphatic hydroxyl groups is 1. The minimum absolute atomic E-state index is 0.0336. The van der Waals surface area contributed by atoms with Gasteiger partial charge in [-0.25, -0.2) is 0 Å². The summed E-state index contributed by atoms with van der Waals surface area (Å²) in [5.41, 5.74) is 0. The van der Waals surface area contributed by atoms with Gasteiger partial charge in [-0.15, -0.1) is 0 Å². The van der Waals surface area contributed by atoms with Crippen LogP contribution in [0.25, 0.3) is 0 Å². The topological polar surface area (TPSA) is 20.2 Å². The molecule has 48 valence electrons. The van der Waals surface area contributed by atoms with Crippen molar-refractivity contribution in [3.63, 3.8) is 0 Å². The summed E-state index contributed by atoms with van der Waals surface area (Å²) in [5, 5.41) is 9.73. The average molecular weight is 132 g/mol. The van der Waals surface area contributed by atoms with E-state index in [0.717, 1.165) is 6.42 Å². The summed E-state index contributed by atoms with van der Waals surface area (Å²) in [6.07, 6.45) is 2.10. The van der Waals surface area contributed by atoms with E-state index in [1.54, 1.807) is 0 Å². The van der Waals surface area contributed by atoms with Gasteiger partial charge in [0.05, 0.1) is 6.10 Å². The van der Waals surface area contributed by atoms with E-state index < -0.39 is 0 Å². The van der Waals surface area contributed by atoms with Gasteiger partial charge in [-0.05, 0) is 18.6 Å². The smallest absolute Gasteiger partial charge is 0.0656 e. The van der Waals surface area contributed by atoms with Gasteiger partial charge in [0, 0.05) is 5.25 Å². The maximum absolute atomic E-state index is 9.16. The Hall–Kier alpha value is 0.310. The van der Waals surface area contributed by atoms with Gasteiger partial charge in [0.15, 0.2) is 0 Å². The molecule has 1 saturated heterocycles. The summed E-state index contributed by atoms with van der Waals surface area (Å²) in [6, 6.07) is 0. The van der Waals surface area contributed by atoms with Crippen molar-refractivity contribution in [3.8, 4) is 0 Å². The van der Waals surface area contributed by atoms with Gasteiger partial charge in [-0.1, -0.05) is 6.92 Å². The van der Waals surface area contributed by atoms with Crippen LogP contribution in [0.4, 0.5) is 0 Å². The molecule has 0 aromatic carbocycles. The van der Waals surface area contributed by atoms with Crippen molar-refractivity contribution in [3.05, 3.63) is 0 Å². The van der Waals surface area contributed by atoms with Crippen LogP contribution in [0.2, 0.25) is 0 Å². The van der Waals surface area contributed by atoms with E-state index in [1.165, 1.54) is 12.2 Å². The van der Waals surface area contributed by atoms with Crippen LogP contribution in [-0.2, 0) is 0 Å². The van der Waals surface area contributed by atoms with Crippen molar-refractivity contribution >= 4 is 11.8 Å². The van der Waals surface area contributed by atoms with Gasteiger partial charge in [-0.3, -0.25) is 0 Å². The monoisotopic (exact) mass is 132 g/mol. The summed E-state index contributed by atoms with van der Waals surface area (Å²) >= 11 is 1.89. The van der Waals surface area contributed by atoms with E-state index in [9.17, 15) is 0 Å². The van der Waals surface area contributed by atoms with E-state index in [2.05, 4.69) is 0 Å². The van der Waals surface area contributed by atoms with Crippen molar-refractivity contribution in [2.24, 2.45) is 0 Å². The molecule has 1 aliphatic rings. The molecule has 2 unspecified atom stereocenters. The lowest BCUT2D eigenvalue weighted by atomic mass is 10.1. The lowest BCUT2D eigenvalue weighted by Crippen LogP contribution is -2.29. The normalized spacial score (nSPS) is 31.5. The molecule has 1 nitrogen and oxygen atoms in total.